The van der Waals surface area contributed by atoms with Crippen LogP contribution >= 0.6 is 27.5 Å². The summed E-state index contributed by atoms with van der Waals surface area (Å²) in [5, 5.41) is 13.3. The van der Waals surface area contributed by atoms with Crippen molar-refractivity contribution in [3.63, 3.8) is 0 Å². The van der Waals surface area contributed by atoms with Gasteiger partial charge in [-0.2, -0.15) is 0 Å². The minimum absolute atomic E-state index is 0.0545. The van der Waals surface area contributed by atoms with Gasteiger partial charge in [-0.25, -0.2) is 4.79 Å². The lowest BCUT2D eigenvalue weighted by atomic mass is 10.2. The van der Waals surface area contributed by atoms with Gasteiger partial charge in [0.2, 0.25) is 5.76 Å². The molecule has 2 aromatic rings. The first kappa shape index (κ1) is 17.0. The molecular weight excluding hydrogens is 396 g/mol. The third-order valence-corrected chi connectivity index (χ3v) is 3.20. The SMILES string of the molecule is O=C(COC(=O)c1ccc(Br)o1)Nc1ccc(Cl)cc1[N+](=O)[O-]. The van der Waals surface area contributed by atoms with Crippen LogP contribution in [0.25, 0.3) is 0 Å². The quantitative estimate of drug-likeness (QED) is 0.465. The summed E-state index contributed by atoms with van der Waals surface area (Å²) < 4.78 is 10.0. The van der Waals surface area contributed by atoms with E-state index in [1.807, 2.05) is 0 Å². The van der Waals surface area contributed by atoms with Crippen molar-refractivity contribution in [3.05, 3.63) is 55.9 Å². The minimum Gasteiger partial charge on any atom is -0.450 e. The third kappa shape index (κ3) is 4.54. The highest BCUT2D eigenvalue weighted by molar-refractivity contribution is 9.10. The zero-order valence-electron chi connectivity index (χ0n) is 11.2. The van der Waals surface area contributed by atoms with Gasteiger partial charge in [-0.15, -0.1) is 0 Å². The highest BCUT2D eigenvalue weighted by Crippen LogP contribution is 2.27. The highest BCUT2D eigenvalue weighted by Gasteiger charge is 2.18. The number of carbonyl (C=O) groups is 2. The molecule has 0 aliphatic carbocycles. The van der Waals surface area contributed by atoms with Gasteiger partial charge >= 0.3 is 5.97 Å². The van der Waals surface area contributed by atoms with Gasteiger partial charge in [0.15, 0.2) is 11.3 Å². The fraction of sp³-hybridized carbons (Fsp3) is 0.0769. The maximum atomic E-state index is 11.7. The highest BCUT2D eigenvalue weighted by atomic mass is 79.9. The normalized spacial score (nSPS) is 10.2. The van der Waals surface area contributed by atoms with Crippen LogP contribution in [0.3, 0.4) is 0 Å². The Bertz CT molecular complexity index is 776. The van der Waals surface area contributed by atoms with Crippen molar-refractivity contribution in [1.82, 2.24) is 0 Å². The van der Waals surface area contributed by atoms with Crippen molar-refractivity contribution in [2.75, 3.05) is 11.9 Å². The third-order valence-electron chi connectivity index (χ3n) is 2.54. The van der Waals surface area contributed by atoms with Crippen LogP contribution in [-0.4, -0.2) is 23.4 Å². The van der Waals surface area contributed by atoms with Gasteiger partial charge in [0.1, 0.15) is 5.69 Å². The fourth-order valence-electron chi connectivity index (χ4n) is 1.57. The zero-order valence-corrected chi connectivity index (χ0v) is 13.6. The van der Waals surface area contributed by atoms with E-state index >= 15 is 0 Å². The van der Waals surface area contributed by atoms with Gasteiger partial charge in [0, 0.05) is 11.1 Å². The largest absolute Gasteiger partial charge is 0.450 e. The topological polar surface area (TPSA) is 112 Å². The van der Waals surface area contributed by atoms with Crippen LogP contribution in [0.5, 0.6) is 0 Å². The van der Waals surface area contributed by atoms with Crippen molar-refractivity contribution < 1.29 is 23.7 Å². The minimum atomic E-state index is -0.837. The molecule has 0 spiro atoms. The maximum Gasteiger partial charge on any atom is 0.374 e. The number of halogens is 2. The van der Waals surface area contributed by atoms with Crippen molar-refractivity contribution >= 4 is 50.8 Å². The second-order valence-corrected chi connectivity index (χ2v) is 5.36. The molecule has 0 saturated heterocycles. The molecule has 2 rings (SSSR count). The first-order chi connectivity index (χ1) is 10.9. The molecule has 10 heteroatoms. The van der Waals surface area contributed by atoms with Gasteiger partial charge < -0.3 is 14.5 Å². The number of esters is 1. The molecule has 1 heterocycles. The number of hydrogen-bond donors (Lipinski definition) is 1. The number of hydrogen-bond acceptors (Lipinski definition) is 6. The molecule has 1 aromatic carbocycles. The lowest BCUT2D eigenvalue weighted by Gasteiger charge is -2.06. The number of carbonyl (C=O) groups excluding carboxylic acids is 2. The van der Waals surface area contributed by atoms with Gasteiger partial charge in [-0.05, 0) is 40.2 Å². The predicted octanol–water partition coefficient (Wildman–Crippen LogP) is 3.40. The molecule has 0 bridgehead atoms. The molecule has 0 saturated carbocycles. The standard InChI is InChI=1S/C13H8BrClN2O6/c14-11-4-3-10(23-11)13(19)22-6-12(18)16-8-2-1-7(15)5-9(8)17(20)21/h1-5H,6H2,(H,16,18). The van der Waals surface area contributed by atoms with E-state index < -0.39 is 23.4 Å². The average Bonchev–Trinajstić information content (AvgIpc) is 2.93. The average molecular weight is 404 g/mol. The number of nitro groups is 1. The van der Waals surface area contributed by atoms with Gasteiger partial charge in [-0.1, -0.05) is 11.6 Å². The predicted molar refractivity (Wildman–Crippen MR) is 83.4 cm³/mol. The van der Waals surface area contributed by atoms with Crippen LogP contribution < -0.4 is 5.32 Å². The lowest BCUT2D eigenvalue weighted by Crippen LogP contribution is -2.21. The van der Waals surface area contributed by atoms with Crippen LogP contribution in [0.1, 0.15) is 10.6 Å². The number of nitro benzene ring substituents is 1. The fourth-order valence-corrected chi connectivity index (χ4v) is 2.05. The summed E-state index contributed by atoms with van der Waals surface area (Å²) in [6.45, 7) is -0.628. The number of benzene rings is 1. The second-order valence-electron chi connectivity index (χ2n) is 4.15. The molecule has 1 N–H and O–H groups in total. The van der Waals surface area contributed by atoms with E-state index in [9.17, 15) is 19.7 Å². The van der Waals surface area contributed by atoms with Gasteiger partial charge in [-0.3, -0.25) is 14.9 Å². The molecular formula is C13H8BrClN2O6. The van der Waals surface area contributed by atoms with Crippen LogP contribution in [0.2, 0.25) is 5.02 Å². The van der Waals surface area contributed by atoms with Crippen LogP contribution in [0.15, 0.2) is 39.4 Å². The van der Waals surface area contributed by atoms with Crippen molar-refractivity contribution in [2.45, 2.75) is 0 Å². The smallest absolute Gasteiger partial charge is 0.374 e. The molecule has 23 heavy (non-hydrogen) atoms. The summed E-state index contributed by atoms with van der Waals surface area (Å²) in [7, 11) is 0. The zero-order chi connectivity index (χ0) is 17.0. The van der Waals surface area contributed by atoms with Crippen molar-refractivity contribution in [2.24, 2.45) is 0 Å². The van der Waals surface area contributed by atoms with E-state index in [2.05, 4.69) is 21.2 Å². The monoisotopic (exact) mass is 402 g/mol. The Labute approximate surface area is 142 Å². The van der Waals surface area contributed by atoms with E-state index in [0.29, 0.717) is 4.67 Å². The summed E-state index contributed by atoms with van der Waals surface area (Å²) in [5.41, 5.74) is -0.423. The molecule has 0 fully saturated rings. The Balaban J connectivity index is 1.97. The molecule has 0 unspecified atom stereocenters. The van der Waals surface area contributed by atoms with E-state index in [0.717, 1.165) is 6.07 Å². The maximum absolute atomic E-state index is 11.7. The van der Waals surface area contributed by atoms with E-state index in [1.54, 1.807) is 0 Å². The molecule has 1 amide bonds. The number of ether oxygens (including phenoxy) is 1. The van der Waals surface area contributed by atoms with Crippen LogP contribution in [0, 0.1) is 10.1 Å². The van der Waals surface area contributed by atoms with E-state index in [4.69, 9.17) is 20.8 Å². The number of anilines is 1. The molecule has 0 radical (unpaired) electrons. The molecule has 8 nitrogen and oxygen atoms in total. The number of nitrogens with one attached hydrogen (secondary N) is 1. The Hall–Kier alpha value is -2.39. The lowest BCUT2D eigenvalue weighted by molar-refractivity contribution is -0.383. The van der Waals surface area contributed by atoms with E-state index in [-0.39, 0.29) is 22.2 Å². The number of nitrogens with zero attached hydrogens (tertiary/aromatic N) is 1. The van der Waals surface area contributed by atoms with Gasteiger partial charge in [0.05, 0.1) is 4.92 Å². The molecule has 120 valence electrons. The summed E-state index contributed by atoms with van der Waals surface area (Å²) in [4.78, 5) is 33.5. The Morgan fingerprint density at radius 2 is 2.09 bits per heavy atom. The summed E-state index contributed by atoms with van der Waals surface area (Å²) in [6, 6.07) is 6.63. The van der Waals surface area contributed by atoms with Crippen LogP contribution in [0.4, 0.5) is 11.4 Å². The molecule has 0 aliphatic heterocycles. The van der Waals surface area contributed by atoms with E-state index in [1.165, 1.54) is 24.3 Å². The Morgan fingerprint density at radius 1 is 1.35 bits per heavy atom. The number of furan rings is 1. The second kappa shape index (κ2) is 7.25. The number of rotatable bonds is 5. The van der Waals surface area contributed by atoms with Gasteiger partial charge in [0.25, 0.3) is 11.6 Å². The molecule has 1 aromatic heterocycles. The first-order valence-corrected chi connectivity index (χ1v) is 7.20. The van der Waals surface area contributed by atoms with Crippen molar-refractivity contribution in [3.8, 4) is 0 Å². The summed E-state index contributed by atoms with van der Waals surface area (Å²) in [5.74, 6) is -1.66. The number of amides is 1. The first-order valence-electron chi connectivity index (χ1n) is 6.03. The summed E-state index contributed by atoms with van der Waals surface area (Å²) >= 11 is 8.69. The molecule has 0 atom stereocenters. The van der Waals surface area contributed by atoms with Crippen LogP contribution in [-0.2, 0) is 9.53 Å². The molecule has 0 aliphatic rings. The summed E-state index contributed by atoms with van der Waals surface area (Å²) in [6.07, 6.45) is 0. The van der Waals surface area contributed by atoms with Crippen molar-refractivity contribution in [1.29, 1.82) is 0 Å². The Kier molecular flexibility index (Phi) is 5.35. The Morgan fingerprint density at radius 3 is 2.70 bits per heavy atom.